The van der Waals surface area contributed by atoms with E-state index < -0.39 is 0 Å². The van der Waals surface area contributed by atoms with Crippen LogP contribution in [0.3, 0.4) is 0 Å². The maximum atomic E-state index is 5.19. The largest absolute Gasteiger partial charge is 0.497 e. The van der Waals surface area contributed by atoms with Gasteiger partial charge in [-0.15, -0.1) is 0 Å². The van der Waals surface area contributed by atoms with E-state index in [0.29, 0.717) is 6.04 Å². The predicted molar refractivity (Wildman–Crippen MR) is 78.8 cm³/mol. The van der Waals surface area contributed by atoms with Gasteiger partial charge in [-0.05, 0) is 38.0 Å². The van der Waals surface area contributed by atoms with Gasteiger partial charge in [0.15, 0.2) is 0 Å². The monoisotopic (exact) mass is 274 g/mol. The Morgan fingerprint density at radius 1 is 1.25 bits per heavy atom. The highest BCUT2D eigenvalue weighted by molar-refractivity contribution is 5.29. The lowest BCUT2D eigenvalue weighted by atomic mass is 10.0. The molecule has 1 unspecified atom stereocenters. The molecule has 4 heteroatoms. The summed E-state index contributed by atoms with van der Waals surface area (Å²) in [7, 11) is 1.68. The fraction of sp³-hybridized carbons (Fsp3) is 0.438. The zero-order valence-corrected chi connectivity index (χ0v) is 12.6. The maximum absolute atomic E-state index is 5.19. The van der Waals surface area contributed by atoms with Crippen molar-refractivity contribution >= 4 is 0 Å². The van der Waals surface area contributed by atoms with E-state index in [0.717, 1.165) is 35.7 Å². The number of aromatic nitrogens is 1. The molecule has 0 spiro atoms. The highest BCUT2D eigenvalue weighted by Gasteiger charge is 2.13. The number of nitrogens with one attached hydrogen (secondary N) is 1. The molecule has 1 atom stereocenters. The number of hydrogen-bond donors (Lipinski definition) is 1. The molecule has 20 heavy (non-hydrogen) atoms. The molecule has 1 heterocycles. The van der Waals surface area contributed by atoms with E-state index in [1.807, 2.05) is 26.0 Å². The highest BCUT2D eigenvalue weighted by Crippen LogP contribution is 2.21. The lowest BCUT2D eigenvalue weighted by Gasteiger charge is -2.17. The molecule has 0 fully saturated rings. The highest BCUT2D eigenvalue weighted by atomic mass is 16.5. The Labute approximate surface area is 120 Å². The lowest BCUT2D eigenvalue weighted by molar-refractivity contribution is 0.391. The molecular formula is C16H22N2O2. The second kappa shape index (κ2) is 6.57. The Hall–Kier alpha value is -1.81. The van der Waals surface area contributed by atoms with Gasteiger partial charge in [-0.1, -0.05) is 24.2 Å². The second-order valence-corrected chi connectivity index (χ2v) is 4.92. The van der Waals surface area contributed by atoms with Crippen molar-refractivity contribution in [3.63, 3.8) is 0 Å². The van der Waals surface area contributed by atoms with Crippen molar-refractivity contribution < 1.29 is 9.26 Å². The SMILES string of the molecule is CCC(NCc1c(C)noc1C)c1ccc(OC)cc1. The van der Waals surface area contributed by atoms with Crippen LogP contribution in [-0.4, -0.2) is 12.3 Å². The smallest absolute Gasteiger partial charge is 0.138 e. The Morgan fingerprint density at radius 2 is 1.95 bits per heavy atom. The van der Waals surface area contributed by atoms with Gasteiger partial charge in [0.05, 0.1) is 12.8 Å². The molecule has 1 aromatic carbocycles. The Balaban J connectivity index is 2.05. The van der Waals surface area contributed by atoms with Gasteiger partial charge >= 0.3 is 0 Å². The first kappa shape index (κ1) is 14.6. The summed E-state index contributed by atoms with van der Waals surface area (Å²) in [6, 6.07) is 8.51. The Kier molecular flexibility index (Phi) is 4.79. The Bertz CT molecular complexity index is 527. The van der Waals surface area contributed by atoms with Gasteiger partial charge < -0.3 is 14.6 Å². The number of aryl methyl sites for hydroxylation is 2. The minimum Gasteiger partial charge on any atom is -0.497 e. The van der Waals surface area contributed by atoms with Crippen LogP contribution in [0.15, 0.2) is 28.8 Å². The van der Waals surface area contributed by atoms with Gasteiger partial charge in [0.2, 0.25) is 0 Å². The molecule has 0 saturated carbocycles. The molecule has 0 aliphatic rings. The fourth-order valence-electron chi connectivity index (χ4n) is 2.31. The third kappa shape index (κ3) is 3.20. The van der Waals surface area contributed by atoms with Gasteiger partial charge in [0, 0.05) is 18.2 Å². The first-order valence-electron chi connectivity index (χ1n) is 6.94. The van der Waals surface area contributed by atoms with Gasteiger partial charge in [-0.3, -0.25) is 0 Å². The molecule has 0 radical (unpaired) electrons. The number of rotatable bonds is 6. The summed E-state index contributed by atoms with van der Waals surface area (Å²) in [6.07, 6.45) is 1.02. The van der Waals surface area contributed by atoms with Gasteiger partial charge in [-0.25, -0.2) is 0 Å². The van der Waals surface area contributed by atoms with E-state index in [2.05, 4.69) is 29.5 Å². The first-order chi connectivity index (χ1) is 9.65. The summed E-state index contributed by atoms with van der Waals surface area (Å²) >= 11 is 0. The van der Waals surface area contributed by atoms with Crippen LogP contribution in [0, 0.1) is 13.8 Å². The second-order valence-electron chi connectivity index (χ2n) is 4.92. The van der Waals surface area contributed by atoms with Crippen molar-refractivity contribution in [3.8, 4) is 5.75 Å². The summed E-state index contributed by atoms with van der Waals surface area (Å²) in [4.78, 5) is 0. The van der Waals surface area contributed by atoms with Gasteiger partial charge in [-0.2, -0.15) is 0 Å². The quantitative estimate of drug-likeness (QED) is 0.875. The van der Waals surface area contributed by atoms with Gasteiger partial charge in [0.1, 0.15) is 11.5 Å². The standard InChI is InChI=1S/C16H22N2O2/c1-5-16(13-6-8-14(19-4)9-7-13)17-10-15-11(2)18-20-12(15)3/h6-9,16-17H,5,10H2,1-4H3. The van der Waals surface area contributed by atoms with Crippen LogP contribution in [0.4, 0.5) is 0 Å². The molecule has 0 aliphatic heterocycles. The van der Waals surface area contributed by atoms with Crippen molar-refractivity contribution in [2.24, 2.45) is 0 Å². The van der Waals surface area contributed by atoms with Crippen LogP contribution in [-0.2, 0) is 6.54 Å². The lowest BCUT2D eigenvalue weighted by Crippen LogP contribution is -2.20. The van der Waals surface area contributed by atoms with E-state index in [1.54, 1.807) is 7.11 Å². The van der Waals surface area contributed by atoms with E-state index in [9.17, 15) is 0 Å². The van der Waals surface area contributed by atoms with Crippen LogP contribution in [0.2, 0.25) is 0 Å². The Morgan fingerprint density at radius 3 is 2.45 bits per heavy atom. The van der Waals surface area contributed by atoms with E-state index >= 15 is 0 Å². The molecule has 2 aromatic rings. The first-order valence-corrected chi connectivity index (χ1v) is 6.94. The summed E-state index contributed by atoms with van der Waals surface area (Å²) in [6.45, 7) is 6.87. The van der Waals surface area contributed by atoms with Crippen molar-refractivity contribution in [2.75, 3.05) is 7.11 Å². The minimum atomic E-state index is 0.314. The van der Waals surface area contributed by atoms with Crippen molar-refractivity contribution in [2.45, 2.75) is 39.8 Å². The molecule has 108 valence electrons. The van der Waals surface area contributed by atoms with Crippen LogP contribution in [0.1, 0.15) is 42.0 Å². The van der Waals surface area contributed by atoms with Crippen LogP contribution in [0.25, 0.3) is 0 Å². The van der Waals surface area contributed by atoms with E-state index in [4.69, 9.17) is 9.26 Å². The normalized spacial score (nSPS) is 12.4. The summed E-state index contributed by atoms with van der Waals surface area (Å²) < 4.78 is 10.4. The van der Waals surface area contributed by atoms with Crippen LogP contribution in [0.5, 0.6) is 5.75 Å². The zero-order valence-electron chi connectivity index (χ0n) is 12.6. The third-order valence-corrected chi connectivity index (χ3v) is 3.63. The van der Waals surface area contributed by atoms with Crippen LogP contribution >= 0.6 is 0 Å². The minimum absolute atomic E-state index is 0.314. The molecule has 1 aromatic heterocycles. The van der Waals surface area contributed by atoms with Crippen molar-refractivity contribution in [3.05, 3.63) is 46.8 Å². The molecule has 2 rings (SSSR count). The number of methoxy groups -OCH3 is 1. The molecule has 0 aliphatic carbocycles. The summed E-state index contributed by atoms with van der Waals surface area (Å²) in [5.41, 5.74) is 3.37. The average Bonchev–Trinajstić information content (AvgIpc) is 2.80. The maximum Gasteiger partial charge on any atom is 0.138 e. The van der Waals surface area contributed by atoms with E-state index in [1.165, 1.54) is 5.56 Å². The summed E-state index contributed by atoms with van der Waals surface area (Å²) in [5, 5.41) is 7.55. The van der Waals surface area contributed by atoms with Gasteiger partial charge in [0.25, 0.3) is 0 Å². The average molecular weight is 274 g/mol. The number of benzene rings is 1. The molecule has 4 nitrogen and oxygen atoms in total. The summed E-state index contributed by atoms with van der Waals surface area (Å²) in [5.74, 6) is 1.77. The molecule has 1 N–H and O–H groups in total. The zero-order chi connectivity index (χ0) is 14.5. The fourth-order valence-corrected chi connectivity index (χ4v) is 2.31. The molecule has 0 amide bonds. The molecule has 0 bridgehead atoms. The predicted octanol–water partition coefficient (Wildman–Crippen LogP) is 3.54. The third-order valence-electron chi connectivity index (χ3n) is 3.63. The van der Waals surface area contributed by atoms with E-state index in [-0.39, 0.29) is 0 Å². The number of ether oxygens (including phenoxy) is 1. The van der Waals surface area contributed by atoms with Crippen molar-refractivity contribution in [1.82, 2.24) is 10.5 Å². The topological polar surface area (TPSA) is 47.3 Å². The molecular weight excluding hydrogens is 252 g/mol. The number of hydrogen-bond acceptors (Lipinski definition) is 4. The molecule has 0 saturated heterocycles. The number of nitrogens with zero attached hydrogens (tertiary/aromatic N) is 1. The van der Waals surface area contributed by atoms with Crippen molar-refractivity contribution in [1.29, 1.82) is 0 Å². The van der Waals surface area contributed by atoms with Crippen LogP contribution < -0.4 is 10.1 Å².